The topological polar surface area (TPSA) is 174 Å². The van der Waals surface area contributed by atoms with Gasteiger partial charge in [0.05, 0.1) is 51.8 Å². The predicted molar refractivity (Wildman–Crippen MR) is 245 cm³/mol. The Morgan fingerprint density at radius 1 is 0.643 bits per heavy atom. The first-order valence-electron chi connectivity index (χ1n) is 21.7. The number of halogens is 8. The van der Waals surface area contributed by atoms with Gasteiger partial charge in [-0.3, -0.25) is 0 Å². The molecular weight excluding hydrogens is 984 g/mol. The van der Waals surface area contributed by atoms with Crippen molar-refractivity contribution in [1.29, 1.82) is 0 Å². The molecular formula is C48H45Cl2F6N4NaO9. The minimum Gasteiger partial charge on any atom is -0.870 e. The van der Waals surface area contributed by atoms with Crippen LogP contribution >= 0.6 is 23.2 Å². The van der Waals surface area contributed by atoms with Gasteiger partial charge in [0.15, 0.2) is 22.6 Å². The van der Waals surface area contributed by atoms with E-state index in [4.69, 9.17) is 46.5 Å². The van der Waals surface area contributed by atoms with E-state index in [9.17, 15) is 41.0 Å². The molecule has 0 spiro atoms. The summed E-state index contributed by atoms with van der Waals surface area (Å²) >= 11 is 12.6. The molecule has 0 saturated heterocycles. The number of aryl methyl sites for hydroxylation is 4. The number of hydrogen-bond acceptors (Lipinski definition) is 10. The van der Waals surface area contributed by atoms with E-state index in [1.807, 2.05) is 47.5 Å². The summed E-state index contributed by atoms with van der Waals surface area (Å²) in [5.74, 6) is -0.587. The largest absolute Gasteiger partial charge is 1.00 e. The fourth-order valence-corrected chi connectivity index (χ4v) is 8.57. The molecule has 0 aliphatic carbocycles. The number of esters is 1. The van der Waals surface area contributed by atoms with Crippen molar-refractivity contribution < 1.29 is 99.3 Å². The molecule has 8 aromatic rings. The summed E-state index contributed by atoms with van der Waals surface area (Å²) in [5, 5.41) is 17.5. The van der Waals surface area contributed by atoms with Gasteiger partial charge in [-0.05, 0) is 93.3 Å². The van der Waals surface area contributed by atoms with E-state index in [2.05, 4.69) is 10.3 Å². The number of rotatable bonds is 17. The van der Waals surface area contributed by atoms with Crippen molar-refractivity contribution in [3.63, 3.8) is 0 Å². The van der Waals surface area contributed by atoms with Crippen LogP contribution in [-0.2, 0) is 43.0 Å². The molecule has 0 unspecified atom stereocenters. The number of carbonyl (C=O) groups is 2. The molecule has 13 nitrogen and oxygen atoms in total. The van der Waals surface area contributed by atoms with Gasteiger partial charge in [0, 0.05) is 58.4 Å². The van der Waals surface area contributed by atoms with E-state index in [1.165, 1.54) is 24.3 Å². The van der Waals surface area contributed by atoms with Crippen molar-refractivity contribution in [3.8, 4) is 11.5 Å². The van der Waals surface area contributed by atoms with Crippen LogP contribution in [0, 0.1) is 0 Å². The number of fused-ring (bicyclic) bond motifs is 4. The molecule has 4 aromatic heterocycles. The van der Waals surface area contributed by atoms with Crippen LogP contribution in [0.5, 0.6) is 11.5 Å². The first kappa shape index (κ1) is 55.5. The van der Waals surface area contributed by atoms with E-state index >= 15 is 0 Å². The van der Waals surface area contributed by atoms with Crippen molar-refractivity contribution in [3.05, 3.63) is 117 Å². The van der Waals surface area contributed by atoms with Gasteiger partial charge in [0.2, 0.25) is 0 Å². The third-order valence-corrected chi connectivity index (χ3v) is 11.9. The summed E-state index contributed by atoms with van der Waals surface area (Å²) in [6.45, 7) is 7.71. The van der Waals surface area contributed by atoms with Crippen LogP contribution in [0.4, 0.5) is 26.3 Å². The van der Waals surface area contributed by atoms with Crippen LogP contribution in [0.25, 0.3) is 43.7 Å². The molecule has 0 atom stereocenters. The zero-order chi connectivity index (χ0) is 48.9. The Bertz CT molecular complexity index is 3110. The Kier molecular flexibility index (Phi) is 18.7. The Morgan fingerprint density at radius 3 is 1.47 bits per heavy atom. The summed E-state index contributed by atoms with van der Waals surface area (Å²) in [4.78, 5) is 23.3. The van der Waals surface area contributed by atoms with Gasteiger partial charge in [-0.1, -0.05) is 60.2 Å². The van der Waals surface area contributed by atoms with E-state index in [1.54, 1.807) is 31.2 Å². The summed E-state index contributed by atoms with van der Waals surface area (Å²) in [6.07, 6.45) is -1.83. The van der Waals surface area contributed by atoms with Crippen molar-refractivity contribution in [2.24, 2.45) is 0 Å². The number of carbonyl (C=O) groups excluding carboxylic acids is 1. The number of hydrogen-bond donors (Lipinski definition) is 1. The van der Waals surface area contributed by atoms with E-state index in [0.717, 1.165) is 16.4 Å². The SMILES string of the molecule is CCCc1c(OCCCn2ccc3c(Cl)c(C(=O)O)ccc32)ccc2c(C(F)(F)F)noc12.CCCc1c(OCCCn2ccc3c(Cl)c(C(=O)OCC)ccc32)ccc2c(C(F)(F)F)noc12.[Na+].[OH-]. The van der Waals surface area contributed by atoms with Gasteiger partial charge in [-0.2, -0.15) is 26.3 Å². The second kappa shape index (κ2) is 23.6. The summed E-state index contributed by atoms with van der Waals surface area (Å²) in [5.41, 5.74) is 1.34. The van der Waals surface area contributed by atoms with Crippen LogP contribution in [0.15, 0.2) is 82.1 Å². The minimum absolute atomic E-state index is 0. The van der Waals surface area contributed by atoms with Gasteiger partial charge in [-0.25, -0.2) is 9.59 Å². The molecule has 0 aliphatic heterocycles. The van der Waals surface area contributed by atoms with Gasteiger partial charge in [0.1, 0.15) is 11.5 Å². The van der Waals surface area contributed by atoms with E-state index < -0.39 is 35.7 Å². The zero-order valence-electron chi connectivity index (χ0n) is 38.3. The molecule has 0 bridgehead atoms. The molecule has 0 radical (unpaired) electrons. The van der Waals surface area contributed by atoms with Crippen molar-refractivity contribution >= 4 is 78.9 Å². The number of carboxylic acids is 1. The molecule has 22 heteroatoms. The summed E-state index contributed by atoms with van der Waals surface area (Å²) in [7, 11) is 0. The first-order chi connectivity index (χ1) is 32.5. The Morgan fingerprint density at radius 2 is 1.07 bits per heavy atom. The summed E-state index contributed by atoms with van der Waals surface area (Å²) in [6, 6.07) is 16.0. The number of alkyl halides is 6. The molecule has 368 valence electrons. The van der Waals surface area contributed by atoms with Crippen LogP contribution < -0.4 is 39.0 Å². The standard InChI is InChI=1S/C25H24ClF3N2O4.C23H20ClF3N2O4.Na.H2O/c1-3-6-16-20(10-8-18-22(16)35-30-23(18)25(27,28)29)34-14-5-12-31-13-11-15-19(31)9-7-17(21(15)26)24(32)33-4-2;1-2-4-14-18(8-6-16-20(14)33-28-21(16)23(25,26)27)32-12-3-10-29-11-9-13-17(29)7-5-15(19(13)24)22(30)31;;/h7-11,13H,3-6,12,14H2,1-2H3;5-9,11H,2-4,10,12H2,1H3,(H,30,31);;1H2/q;;+1;/p-1. The number of ether oxygens (including phenoxy) is 3. The molecule has 0 aliphatic rings. The van der Waals surface area contributed by atoms with E-state index in [-0.39, 0.29) is 74.2 Å². The van der Waals surface area contributed by atoms with Gasteiger partial charge in [0.25, 0.3) is 0 Å². The van der Waals surface area contributed by atoms with Crippen LogP contribution in [-0.4, -0.2) is 61.8 Å². The average molecular weight is 1030 g/mol. The van der Waals surface area contributed by atoms with Crippen LogP contribution in [0.1, 0.15) is 89.7 Å². The number of nitrogens with zero attached hydrogens (tertiary/aromatic N) is 4. The fourth-order valence-electron chi connectivity index (χ4n) is 7.96. The number of aromatic carboxylic acids is 1. The summed E-state index contributed by atoms with van der Waals surface area (Å²) < 4.78 is 110. The molecule has 70 heavy (non-hydrogen) atoms. The minimum atomic E-state index is -4.59. The van der Waals surface area contributed by atoms with Crippen molar-refractivity contribution in [1.82, 2.24) is 19.4 Å². The van der Waals surface area contributed by atoms with Crippen LogP contribution in [0.2, 0.25) is 10.0 Å². The van der Waals surface area contributed by atoms with Gasteiger partial charge in [-0.15, -0.1) is 0 Å². The number of benzene rings is 4. The quantitative estimate of drug-likeness (QED) is 0.0398. The Balaban J connectivity index is 0.000000254. The molecule has 0 saturated carbocycles. The molecule has 4 heterocycles. The fraction of sp³-hybridized carbons (Fsp3) is 0.333. The number of carboxylic acid groups (broad SMARTS) is 1. The third kappa shape index (κ3) is 11.8. The van der Waals surface area contributed by atoms with Crippen molar-refractivity contribution in [2.45, 2.75) is 84.7 Å². The van der Waals surface area contributed by atoms with E-state index in [0.29, 0.717) is 103 Å². The maximum atomic E-state index is 13.2. The molecule has 0 amide bonds. The normalized spacial score (nSPS) is 11.6. The smallest absolute Gasteiger partial charge is 0.870 e. The average Bonchev–Trinajstić information content (AvgIpc) is 4.11. The molecule has 4 aromatic carbocycles. The third-order valence-electron chi connectivity index (χ3n) is 11.0. The zero-order valence-corrected chi connectivity index (χ0v) is 41.8. The van der Waals surface area contributed by atoms with Gasteiger partial charge < -0.3 is 43.0 Å². The maximum absolute atomic E-state index is 13.2. The molecule has 2 N–H and O–H groups in total. The Hall–Kier alpha value is -5.44. The predicted octanol–water partition coefficient (Wildman–Crippen LogP) is 10.5. The maximum Gasteiger partial charge on any atom is 1.00 e. The second-order valence-corrected chi connectivity index (χ2v) is 16.3. The second-order valence-electron chi connectivity index (χ2n) is 15.6. The van der Waals surface area contributed by atoms with Crippen molar-refractivity contribution in [2.75, 3.05) is 19.8 Å². The number of aromatic nitrogens is 4. The Labute approximate surface area is 428 Å². The first-order valence-corrected chi connectivity index (χ1v) is 22.4. The molecule has 8 rings (SSSR count). The van der Waals surface area contributed by atoms with Gasteiger partial charge >= 0.3 is 53.8 Å². The molecule has 0 fully saturated rings. The van der Waals surface area contributed by atoms with Crippen LogP contribution in [0.3, 0.4) is 0 Å². The monoisotopic (exact) mass is 1030 g/mol.